The molecule has 1 atom stereocenters. The van der Waals surface area contributed by atoms with E-state index in [0.717, 1.165) is 0 Å². The summed E-state index contributed by atoms with van der Waals surface area (Å²) >= 11 is 0. The average molecular weight is 480 g/mol. The first-order valence-electron chi connectivity index (χ1n) is 9.96. The smallest absolute Gasteiger partial charge is 0.443 e. The number of imidazole rings is 1. The summed E-state index contributed by atoms with van der Waals surface area (Å²) in [6, 6.07) is 4.18. The Morgan fingerprint density at radius 1 is 1.32 bits per heavy atom. The van der Waals surface area contributed by atoms with Gasteiger partial charge in [0, 0.05) is 35.7 Å². The molecule has 0 aliphatic carbocycles. The Balaban J connectivity index is 1.35. The molecule has 1 aliphatic rings. The first-order valence-corrected chi connectivity index (χ1v) is 9.96. The quantitative estimate of drug-likeness (QED) is 0.370. The molecular formula is C20H19F3N6O5. The third-order valence-corrected chi connectivity index (χ3v) is 4.95. The maximum absolute atomic E-state index is 12.4. The third kappa shape index (κ3) is 5.33. The van der Waals surface area contributed by atoms with Crippen molar-refractivity contribution in [2.75, 3.05) is 18.6 Å². The normalized spacial score (nSPS) is 15.4. The number of anilines is 2. The zero-order chi connectivity index (χ0) is 24.5. The highest BCUT2D eigenvalue weighted by Crippen LogP contribution is 2.30. The highest BCUT2D eigenvalue weighted by Gasteiger charge is 2.31. The van der Waals surface area contributed by atoms with Gasteiger partial charge in [-0.1, -0.05) is 0 Å². The number of nitro groups is 1. The molecule has 180 valence electrons. The van der Waals surface area contributed by atoms with Crippen LogP contribution in [0.15, 0.2) is 36.8 Å². The van der Waals surface area contributed by atoms with Gasteiger partial charge >= 0.3 is 18.2 Å². The number of aromatic nitrogens is 4. The van der Waals surface area contributed by atoms with E-state index in [0.29, 0.717) is 29.3 Å². The topological polar surface area (TPSA) is 118 Å². The summed E-state index contributed by atoms with van der Waals surface area (Å²) in [6.45, 7) is 2.39. The van der Waals surface area contributed by atoms with Crippen LogP contribution in [0.25, 0.3) is 0 Å². The van der Waals surface area contributed by atoms with E-state index in [1.165, 1.54) is 29.0 Å². The van der Waals surface area contributed by atoms with Crippen LogP contribution in [0, 0.1) is 17.0 Å². The average Bonchev–Trinajstić information content (AvgIpc) is 3.20. The summed E-state index contributed by atoms with van der Waals surface area (Å²) in [6.07, 6.45) is -0.658. The fraction of sp³-hybridized carbons (Fsp3) is 0.350. The number of fused-ring (bicyclic) bond motifs is 1. The number of hydrogen-bond donors (Lipinski definition) is 0. The van der Waals surface area contributed by atoms with E-state index in [9.17, 15) is 23.3 Å². The highest BCUT2D eigenvalue weighted by atomic mass is 19.4. The molecule has 14 heteroatoms. The van der Waals surface area contributed by atoms with Crippen molar-refractivity contribution < 1.29 is 32.3 Å². The summed E-state index contributed by atoms with van der Waals surface area (Å²) in [7, 11) is 1.69. The second kappa shape index (κ2) is 9.13. The summed E-state index contributed by atoms with van der Waals surface area (Å²) in [5, 5.41) is 10.8. The molecule has 0 N–H and O–H groups in total. The van der Waals surface area contributed by atoms with Crippen molar-refractivity contribution in [3.8, 4) is 11.8 Å². The van der Waals surface area contributed by atoms with Gasteiger partial charge in [0.1, 0.15) is 24.7 Å². The molecule has 0 radical (unpaired) electrons. The SMILES string of the molecule is Cc1cc(OC(F)(F)F)ccc1N(C)c1ncc(CO[C@@H]2COc3nc([N+](=O)[O-])cn3C2)cn1. The van der Waals surface area contributed by atoms with Crippen molar-refractivity contribution in [1.29, 1.82) is 0 Å². The molecule has 2 aromatic heterocycles. The number of aryl methyl sites for hydroxylation is 1. The zero-order valence-electron chi connectivity index (χ0n) is 18.0. The van der Waals surface area contributed by atoms with Gasteiger partial charge in [0.2, 0.25) is 5.95 Å². The molecule has 3 aromatic rings. The van der Waals surface area contributed by atoms with Gasteiger partial charge in [-0.25, -0.2) is 9.97 Å². The molecule has 0 bridgehead atoms. The number of ether oxygens (including phenoxy) is 3. The lowest BCUT2D eigenvalue weighted by Crippen LogP contribution is -2.32. The van der Waals surface area contributed by atoms with Gasteiger partial charge < -0.3 is 29.2 Å². The van der Waals surface area contributed by atoms with Crippen molar-refractivity contribution >= 4 is 17.5 Å². The molecule has 0 saturated heterocycles. The Labute approximate surface area is 190 Å². The van der Waals surface area contributed by atoms with E-state index >= 15 is 0 Å². The summed E-state index contributed by atoms with van der Waals surface area (Å²) in [4.78, 5) is 24.3. The van der Waals surface area contributed by atoms with Gasteiger partial charge in [-0.2, -0.15) is 0 Å². The van der Waals surface area contributed by atoms with Crippen molar-refractivity contribution in [3.63, 3.8) is 0 Å². The molecule has 34 heavy (non-hydrogen) atoms. The monoisotopic (exact) mass is 480 g/mol. The molecule has 0 amide bonds. The number of halogens is 3. The Hall–Kier alpha value is -3.94. The van der Waals surface area contributed by atoms with Gasteiger partial charge in [-0.05, 0) is 35.6 Å². The zero-order valence-corrected chi connectivity index (χ0v) is 18.0. The minimum atomic E-state index is -4.76. The minimum absolute atomic E-state index is 0.176. The standard InChI is InChI=1S/C20H19F3N6O5/c1-12-5-14(34-20(21,22)23)3-4-16(12)27(2)18-24-6-13(7-25-18)10-32-15-8-28-9-17(29(30)31)26-19(28)33-11-15/h3-7,9,15H,8,10-11H2,1-2H3/t15-/m0/s1. The summed E-state index contributed by atoms with van der Waals surface area (Å²) in [5.74, 6) is -0.256. The van der Waals surface area contributed by atoms with E-state index in [1.807, 2.05) is 0 Å². The van der Waals surface area contributed by atoms with E-state index in [1.54, 1.807) is 31.3 Å². The predicted molar refractivity (Wildman–Crippen MR) is 111 cm³/mol. The molecular weight excluding hydrogens is 461 g/mol. The second-order valence-corrected chi connectivity index (χ2v) is 7.48. The lowest BCUT2D eigenvalue weighted by molar-refractivity contribution is -0.389. The van der Waals surface area contributed by atoms with Gasteiger partial charge in [-0.15, -0.1) is 13.2 Å². The molecule has 3 heterocycles. The fourth-order valence-electron chi connectivity index (χ4n) is 3.38. The van der Waals surface area contributed by atoms with E-state index in [-0.39, 0.29) is 36.9 Å². The molecule has 0 spiro atoms. The molecule has 0 saturated carbocycles. The number of benzene rings is 1. The van der Waals surface area contributed by atoms with Gasteiger partial charge in [0.15, 0.2) is 0 Å². The molecule has 0 unspecified atom stereocenters. The summed E-state index contributed by atoms with van der Waals surface area (Å²) < 4.78 is 53.9. The Bertz CT molecular complexity index is 1180. The molecule has 1 aromatic carbocycles. The van der Waals surface area contributed by atoms with Gasteiger partial charge in [0.05, 0.1) is 13.2 Å². The lowest BCUT2D eigenvalue weighted by atomic mass is 10.2. The van der Waals surface area contributed by atoms with Gasteiger partial charge in [0.25, 0.3) is 0 Å². The Kier molecular flexibility index (Phi) is 6.24. The van der Waals surface area contributed by atoms with E-state index < -0.39 is 11.3 Å². The van der Waals surface area contributed by atoms with E-state index in [2.05, 4.69) is 19.7 Å². The lowest BCUT2D eigenvalue weighted by Gasteiger charge is -2.22. The highest BCUT2D eigenvalue weighted by molar-refractivity contribution is 5.62. The van der Waals surface area contributed by atoms with Crippen molar-refractivity contribution in [2.45, 2.75) is 32.5 Å². The van der Waals surface area contributed by atoms with Crippen LogP contribution in [0.5, 0.6) is 11.8 Å². The van der Waals surface area contributed by atoms with Crippen LogP contribution in [-0.2, 0) is 17.9 Å². The van der Waals surface area contributed by atoms with Crippen molar-refractivity contribution in [1.82, 2.24) is 19.5 Å². The van der Waals surface area contributed by atoms with Crippen LogP contribution < -0.4 is 14.4 Å². The Morgan fingerprint density at radius 3 is 2.71 bits per heavy atom. The van der Waals surface area contributed by atoms with Gasteiger partial charge in [-0.3, -0.25) is 4.57 Å². The van der Waals surface area contributed by atoms with Crippen LogP contribution in [0.3, 0.4) is 0 Å². The molecule has 0 fully saturated rings. The first kappa shape index (κ1) is 23.2. The van der Waals surface area contributed by atoms with Crippen molar-refractivity contribution in [3.05, 3.63) is 58.0 Å². The van der Waals surface area contributed by atoms with Crippen LogP contribution in [0.4, 0.5) is 30.6 Å². The maximum Gasteiger partial charge on any atom is 0.573 e. The number of alkyl halides is 3. The van der Waals surface area contributed by atoms with Crippen molar-refractivity contribution in [2.24, 2.45) is 0 Å². The van der Waals surface area contributed by atoms with Crippen LogP contribution in [-0.4, -0.2) is 50.6 Å². The molecule has 11 nitrogen and oxygen atoms in total. The number of rotatable bonds is 7. The van der Waals surface area contributed by atoms with E-state index in [4.69, 9.17) is 9.47 Å². The first-order chi connectivity index (χ1) is 16.1. The minimum Gasteiger partial charge on any atom is -0.443 e. The Morgan fingerprint density at radius 2 is 2.06 bits per heavy atom. The molecule has 1 aliphatic heterocycles. The fourth-order valence-corrected chi connectivity index (χ4v) is 3.38. The maximum atomic E-state index is 12.4. The third-order valence-electron chi connectivity index (χ3n) is 4.95. The number of hydrogen-bond acceptors (Lipinski definition) is 9. The van der Waals surface area contributed by atoms with Crippen LogP contribution >= 0.6 is 0 Å². The summed E-state index contributed by atoms with van der Waals surface area (Å²) in [5.41, 5.74) is 1.85. The predicted octanol–water partition coefficient (Wildman–Crippen LogP) is 3.53. The largest absolute Gasteiger partial charge is 0.573 e. The molecule has 4 rings (SSSR count). The van der Waals surface area contributed by atoms with Crippen LogP contribution in [0.2, 0.25) is 0 Å². The number of nitrogens with zero attached hydrogens (tertiary/aromatic N) is 6. The second-order valence-electron chi connectivity index (χ2n) is 7.48. The van der Waals surface area contributed by atoms with Crippen LogP contribution in [0.1, 0.15) is 11.1 Å².